The van der Waals surface area contributed by atoms with Gasteiger partial charge in [-0.3, -0.25) is 5.32 Å². The van der Waals surface area contributed by atoms with Crippen molar-refractivity contribution in [3.8, 4) is 0 Å². The maximum Gasteiger partial charge on any atom is 0.409 e. The molecule has 1 unspecified atom stereocenters. The molecule has 2 N–H and O–H groups in total. The molecule has 0 aliphatic heterocycles. The van der Waals surface area contributed by atoms with Gasteiger partial charge in [0, 0.05) is 0 Å². The molecule has 0 fully saturated rings. The van der Waals surface area contributed by atoms with Crippen molar-refractivity contribution in [3.05, 3.63) is 48.0 Å². The molecule has 4 nitrogen and oxygen atoms in total. The highest BCUT2D eigenvalue weighted by Gasteiger charge is 2.17. The number of aliphatic hydroxyl groups excluding tert-OH is 1. The van der Waals surface area contributed by atoms with E-state index >= 15 is 0 Å². The summed E-state index contributed by atoms with van der Waals surface area (Å²) < 4.78 is 5.04. The first-order valence-corrected chi connectivity index (χ1v) is 6.75. The average molecular weight is 277 g/mol. The summed E-state index contributed by atoms with van der Waals surface area (Å²) in [6.07, 6.45) is 3.44. The summed E-state index contributed by atoms with van der Waals surface area (Å²) >= 11 is 0. The quantitative estimate of drug-likeness (QED) is 0.642. The number of aliphatic hydroxyl groups is 1. The molecule has 0 aliphatic carbocycles. The monoisotopic (exact) mass is 277 g/mol. The van der Waals surface area contributed by atoms with Crippen molar-refractivity contribution >= 4 is 6.09 Å². The first kappa shape index (κ1) is 16.2. The van der Waals surface area contributed by atoms with Crippen LogP contribution in [-0.4, -0.2) is 23.0 Å². The number of alkyl carbamates (subject to hydrolysis) is 1. The molecule has 1 amide bonds. The van der Waals surface area contributed by atoms with Crippen LogP contribution < -0.4 is 5.32 Å². The van der Waals surface area contributed by atoms with Crippen LogP contribution in [0.2, 0.25) is 0 Å². The minimum Gasteiger partial charge on any atom is -0.444 e. The number of hydrogen-bond acceptors (Lipinski definition) is 3. The van der Waals surface area contributed by atoms with E-state index in [0.29, 0.717) is 0 Å². The van der Waals surface area contributed by atoms with E-state index in [1.54, 1.807) is 26.8 Å². The molecule has 0 bridgehead atoms. The summed E-state index contributed by atoms with van der Waals surface area (Å²) in [7, 11) is 0. The summed E-state index contributed by atoms with van der Waals surface area (Å²) in [6.45, 7) is 5.32. The SMILES string of the molecule is CC(C)(C)OC(=O)NC(O)/C=C/CCc1ccccc1. The van der Waals surface area contributed by atoms with E-state index in [-0.39, 0.29) is 0 Å². The number of benzene rings is 1. The first-order chi connectivity index (χ1) is 9.37. The summed E-state index contributed by atoms with van der Waals surface area (Å²) in [4.78, 5) is 11.4. The van der Waals surface area contributed by atoms with Crippen molar-refractivity contribution in [2.45, 2.75) is 45.4 Å². The number of nitrogens with one attached hydrogen (secondary N) is 1. The minimum absolute atomic E-state index is 0.569. The van der Waals surface area contributed by atoms with Crippen LogP contribution in [0.1, 0.15) is 32.8 Å². The van der Waals surface area contributed by atoms with Crippen molar-refractivity contribution in [2.75, 3.05) is 0 Å². The number of carbonyl (C=O) groups is 1. The van der Waals surface area contributed by atoms with E-state index < -0.39 is 17.9 Å². The van der Waals surface area contributed by atoms with Gasteiger partial charge in [-0.05, 0) is 45.3 Å². The van der Waals surface area contributed by atoms with E-state index in [0.717, 1.165) is 12.8 Å². The third kappa shape index (κ3) is 7.59. The van der Waals surface area contributed by atoms with E-state index in [1.807, 2.05) is 24.3 Å². The Morgan fingerprint density at radius 3 is 2.60 bits per heavy atom. The minimum atomic E-state index is -1.03. The van der Waals surface area contributed by atoms with E-state index in [4.69, 9.17) is 4.74 Å². The molecule has 20 heavy (non-hydrogen) atoms. The second-order valence-electron chi connectivity index (χ2n) is 5.54. The van der Waals surface area contributed by atoms with Crippen LogP contribution in [0.5, 0.6) is 0 Å². The van der Waals surface area contributed by atoms with Crippen LogP contribution >= 0.6 is 0 Å². The lowest BCUT2D eigenvalue weighted by Gasteiger charge is -2.20. The lowest BCUT2D eigenvalue weighted by atomic mass is 10.1. The van der Waals surface area contributed by atoms with Crippen molar-refractivity contribution < 1.29 is 14.6 Å². The van der Waals surface area contributed by atoms with Crippen molar-refractivity contribution in [3.63, 3.8) is 0 Å². The smallest absolute Gasteiger partial charge is 0.409 e. The fourth-order valence-corrected chi connectivity index (χ4v) is 1.60. The van der Waals surface area contributed by atoms with Crippen molar-refractivity contribution in [1.29, 1.82) is 0 Å². The topological polar surface area (TPSA) is 58.6 Å². The van der Waals surface area contributed by atoms with Gasteiger partial charge in [0.25, 0.3) is 0 Å². The molecule has 0 radical (unpaired) electrons. The van der Waals surface area contributed by atoms with Crippen LogP contribution in [0.25, 0.3) is 0 Å². The van der Waals surface area contributed by atoms with Gasteiger partial charge in [-0.15, -0.1) is 0 Å². The third-order valence-electron chi connectivity index (χ3n) is 2.43. The summed E-state index contributed by atoms with van der Waals surface area (Å²) in [5, 5.41) is 12.0. The van der Waals surface area contributed by atoms with Gasteiger partial charge < -0.3 is 9.84 Å². The van der Waals surface area contributed by atoms with Crippen molar-refractivity contribution in [2.24, 2.45) is 0 Å². The van der Waals surface area contributed by atoms with Gasteiger partial charge in [-0.1, -0.05) is 36.4 Å². The molecule has 0 aromatic heterocycles. The highest BCUT2D eigenvalue weighted by atomic mass is 16.6. The lowest BCUT2D eigenvalue weighted by Crippen LogP contribution is -2.38. The molecule has 1 aromatic rings. The van der Waals surface area contributed by atoms with Gasteiger partial charge in [0.1, 0.15) is 11.8 Å². The third-order valence-corrected chi connectivity index (χ3v) is 2.43. The lowest BCUT2D eigenvalue weighted by molar-refractivity contribution is 0.0417. The molecule has 0 spiro atoms. The van der Waals surface area contributed by atoms with E-state index in [1.165, 1.54) is 5.56 Å². The predicted octanol–water partition coefficient (Wildman–Crippen LogP) is 3.02. The van der Waals surface area contributed by atoms with Gasteiger partial charge in [-0.25, -0.2) is 4.79 Å². The zero-order valence-corrected chi connectivity index (χ0v) is 12.3. The first-order valence-electron chi connectivity index (χ1n) is 6.75. The van der Waals surface area contributed by atoms with Gasteiger partial charge >= 0.3 is 6.09 Å². The van der Waals surface area contributed by atoms with Crippen LogP contribution in [0.4, 0.5) is 4.79 Å². The normalized spacial score (nSPS) is 13.2. The second kappa shape index (κ2) is 7.70. The number of carbonyl (C=O) groups excluding carboxylic acids is 1. The molecular weight excluding hydrogens is 254 g/mol. The zero-order valence-electron chi connectivity index (χ0n) is 12.3. The number of hydrogen-bond donors (Lipinski definition) is 2. The number of rotatable bonds is 5. The van der Waals surface area contributed by atoms with Gasteiger partial charge in [0.15, 0.2) is 0 Å². The Bertz CT molecular complexity index is 435. The standard InChI is InChI=1S/C16H23NO3/c1-16(2,3)20-15(19)17-14(18)12-8-7-11-13-9-5-4-6-10-13/h4-6,8-10,12,14,18H,7,11H2,1-3H3,(H,17,19)/b12-8+. The Labute approximate surface area is 120 Å². The van der Waals surface area contributed by atoms with Gasteiger partial charge in [0.05, 0.1) is 0 Å². The Kier molecular flexibility index (Phi) is 6.25. The highest BCUT2D eigenvalue weighted by Crippen LogP contribution is 2.07. The molecule has 110 valence electrons. The number of allylic oxidation sites excluding steroid dienone is 1. The summed E-state index contributed by atoms with van der Waals surface area (Å²) in [6, 6.07) is 10.1. The molecule has 1 rings (SSSR count). The van der Waals surface area contributed by atoms with E-state index in [2.05, 4.69) is 17.4 Å². The van der Waals surface area contributed by atoms with Crippen LogP contribution in [-0.2, 0) is 11.2 Å². The summed E-state index contributed by atoms with van der Waals surface area (Å²) in [5.41, 5.74) is 0.674. The molecular formula is C16H23NO3. The maximum absolute atomic E-state index is 11.4. The van der Waals surface area contributed by atoms with Crippen molar-refractivity contribution in [1.82, 2.24) is 5.32 Å². The largest absolute Gasteiger partial charge is 0.444 e. The highest BCUT2D eigenvalue weighted by molar-refractivity contribution is 5.68. The zero-order chi connectivity index (χ0) is 15.0. The fourth-order valence-electron chi connectivity index (χ4n) is 1.60. The predicted molar refractivity (Wildman–Crippen MR) is 79.3 cm³/mol. The molecule has 4 heteroatoms. The molecule has 0 heterocycles. The number of aryl methyl sites for hydroxylation is 1. The van der Waals surface area contributed by atoms with Crippen LogP contribution in [0.3, 0.4) is 0 Å². The molecule has 1 atom stereocenters. The number of ether oxygens (including phenoxy) is 1. The van der Waals surface area contributed by atoms with Gasteiger partial charge in [0.2, 0.25) is 0 Å². The number of amides is 1. The Morgan fingerprint density at radius 1 is 1.35 bits per heavy atom. The Hall–Kier alpha value is -1.81. The molecule has 0 saturated carbocycles. The van der Waals surface area contributed by atoms with Gasteiger partial charge in [-0.2, -0.15) is 0 Å². The Balaban J connectivity index is 2.26. The molecule has 1 aromatic carbocycles. The molecule has 0 saturated heterocycles. The average Bonchev–Trinajstić information content (AvgIpc) is 2.33. The molecule has 0 aliphatic rings. The van der Waals surface area contributed by atoms with Crippen LogP contribution in [0, 0.1) is 0 Å². The maximum atomic E-state index is 11.4. The van der Waals surface area contributed by atoms with E-state index in [9.17, 15) is 9.90 Å². The fraction of sp³-hybridized carbons (Fsp3) is 0.438. The van der Waals surface area contributed by atoms with Crippen LogP contribution in [0.15, 0.2) is 42.5 Å². The second-order valence-corrected chi connectivity index (χ2v) is 5.54. The Morgan fingerprint density at radius 2 is 2.00 bits per heavy atom. The summed E-state index contributed by atoms with van der Waals surface area (Å²) in [5.74, 6) is 0.